The van der Waals surface area contributed by atoms with Crippen molar-refractivity contribution in [3.8, 4) is 0 Å². The first-order valence-electron chi connectivity index (χ1n) is 12.6. The van der Waals surface area contributed by atoms with Crippen LogP contribution in [0.5, 0.6) is 0 Å². The van der Waals surface area contributed by atoms with Crippen molar-refractivity contribution in [3.63, 3.8) is 0 Å². The van der Waals surface area contributed by atoms with Gasteiger partial charge in [-0.05, 0) is 103 Å². The van der Waals surface area contributed by atoms with Crippen molar-refractivity contribution in [3.05, 3.63) is 65.2 Å². The van der Waals surface area contributed by atoms with E-state index in [1.54, 1.807) is 6.08 Å². The summed E-state index contributed by atoms with van der Waals surface area (Å²) in [4.78, 5) is 41.6. The van der Waals surface area contributed by atoms with Gasteiger partial charge in [0, 0.05) is 19.8 Å². The minimum atomic E-state index is -0.706. The number of rotatable bonds is 4. The fraction of sp³-hybridized carbons (Fsp3) is 0.414. The monoisotopic (exact) mass is 469 g/mol. The van der Waals surface area contributed by atoms with Gasteiger partial charge < -0.3 is 4.90 Å². The number of anilines is 2. The topological polar surface area (TPSA) is 69.7 Å². The molecular weight excluding hydrogens is 438 g/mol. The second-order valence-corrected chi connectivity index (χ2v) is 11.2. The summed E-state index contributed by atoms with van der Waals surface area (Å²) in [6, 6.07) is 14.8. The van der Waals surface area contributed by atoms with Gasteiger partial charge in [0.05, 0.1) is 5.69 Å². The number of barbiturate groups is 1. The van der Waals surface area contributed by atoms with Gasteiger partial charge in [-0.3, -0.25) is 14.9 Å². The molecule has 4 aliphatic carbocycles. The third-order valence-corrected chi connectivity index (χ3v) is 8.60. The maximum Gasteiger partial charge on any atom is 0.335 e. The molecule has 5 fully saturated rings. The van der Waals surface area contributed by atoms with E-state index in [1.165, 1.54) is 44.1 Å². The zero-order chi connectivity index (χ0) is 24.3. The Labute approximate surface area is 206 Å². The van der Waals surface area contributed by atoms with Crippen molar-refractivity contribution in [2.75, 3.05) is 23.9 Å². The summed E-state index contributed by atoms with van der Waals surface area (Å²) in [7, 11) is 3.90. The SMILES string of the molecule is CN(C)c1ccc(/C=C2\C(=O)NC(=O)N(c3ccc(C45CC6CC(CC(C6)C4)C5)cc3)C2=O)cc1. The minimum absolute atomic E-state index is 0.0487. The molecule has 0 atom stereocenters. The summed E-state index contributed by atoms with van der Waals surface area (Å²) < 4.78 is 0. The molecule has 1 aliphatic heterocycles. The van der Waals surface area contributed by atoms with Gasteiger partial charge in [-0.25, -0.2) is 9.69 Å². The van der Waals surface area contributed by atoms with Gasteiger partial charge in [0.15, 0.2) is 0 Å². The van der Waals surface area contributed by atoms with Crippen molar-refractivity contribution < 1.29 is 14.4 Å². The number of carbonyl (C=O) groups is 3. The van der Waals surface area contributed by atoms with Crippen molar-refractivity contribution in [2.45, 2.75) is 43.9 Å². The van der Waals surface area contributed by atoms with E-state index in [9.17, 15) is 14.4 Å². The zero-order valence-corrected chi connectivity index (χ0v) is 20.3. The standard InChI is InChI=1S/C29H31N3O3/c1-31(2)23-7-3-18(4-8-23)14-25-26(33)30-28(35)32(27(25)34)24-9-5-22(6-10-24)29-15-19-11-20(16-29)13-21(12-19)17-29/h3-10,14,19-21H,11-13,15-17H2,1-2H3,(H,30,33,35)/b25-14+. The van der Waals surface area contributed by atoms with E-state index in [0.29, 0.717) is 5.69 Å². The normalized spacial score (nSPS) is 30.7. The quantitative estimate of drug-likeness (QED) is 0.512. The number of nitrogens with zero attached hydrogens (tertiary/aromatic N) is 2. The molecule has 2 aromatic rings. The number of hydrogen-bond acceptors (Lipinski definition) is 4. The van der Waals surface area contributed by atoms with Gasteiger partial charge in [-0.2, -0.15) is 0 Å². The van der Waals surface area contributed by atoms with E-state index in [0.717, 1.165) is 33.9 Å². The second kappa shape index (κ2) is 8.08. The Kier molecular flexibility index (Phi) is 5.09. The number of urea groups is 1. The lowest BCUT2D eigenvalue weighted by Crippen LogP contribution is -2.54. The summed E-state index contributed by atoms with van der Waals surface area (Å²) in [5, 5.41) is 2.33. The Bertz CT molecular complexity index is 1190. The van der Waals surface area contributed by atoms with E-state index in [-0.39, 0.29) is 11.0 Å². The van der Waals surface area contributed by atoms with Crippen LogP contribution in [0.2, 0.25) is 0 Å². The van der Waals surface area contributed by atoms with Crippen LogP contribution >= 0.6 is 0 Å². The molecule has 1 N–H and O–H groups in total. The van der Waals surface area contributed by atoms with Crippen LogP contribution in [0.25, 0.3) is 6.08 Å². The lowest BCUT2D eigenvalue weighted by Gasteiger charge is -2.57. The van der Waals surface area contributed by atoms with E-state index in [1.807, 2.05) is 55.4 Å². The smallest absolute Gasteiger partial charge is 0.335 e. The number of carbonyl (C=O) groups excluding carboxylic acids is 3. The summed E-state index contributed by atoms with van der Waals surface area (Å²) >= 11 is 0. The van der Waals surface area contributed by atoms with Crippen LogP contribution in [-0.4, -0.2) is 31.9 Å². The lowest BCUT2D eigenvalue weighted by molar-refractivity contribution is -0.122. The molecule has 6 heteroatoms. The van der Waals surface area contributed by atoms with Crippen LogP contribution in [0.3, 0.4) is 0 Å². The molecule has 6 nitrogen and oxygen atoms in total. The highest BCUT2D eigenvalue weighted by atomic mass is 16.2. The van der Waals surface area contributed by atoms with Gasteiger partial charge in [0.2, 0.25) is 0 Å². The molecule has 2 aromatic carbocycles. The highest BCUT2D eigenvalue weighted by Gasteiger charge is 2.51. The largest absolute Gasteiger partial charge is 0.378 e. The zero-order valence-electron chi connectivity index (χ0n) is 20.3. The lowest BCUT2D eigenvalue weighted by atomic mass is 9.48. The molecule has 4 saturated carbocycles. The highest BCUT2D eigenvalue weighted by molar-refractivity contribution is 6.39. The first kappa shape index (κ1) is 22.1. The highest BCUT2D eigenvalue weighted by Crippen LogP contribution is 2.60. The van der Waals surface area contributed by atoms with Crippen LogP contribution in [0.1, 0.15) is 49.7 Å². The molecular formula is C29H31N3O3. The van der Waals surface area contributed by atoms with Crippen molar-refractivity contribution in [1.29, 1.82) is 0 Å². The molecule has 180 valence electrons. The maximum absolute atomic E-state index is 13.3. The van der Waals surface area contributed by atoms with Gasteiger partial charge in [-0.15, -0.1) is 0 Å². The molecule has 5 aliphatic rings. The Balaban J connectivity index is 1.27. The Morgan fingerprint density at radius 1 is 0.857 bits per heavy atom. The molecule has 0 radical (unpaired) electrons. The van der Waals surface area contributed by atoms with Gasteiger partial charge in [0.1, 0.15) is 5.57 Å². The van der Waals surface area contributed by atoms with E-state index in [4.69, 9.17) is 0 Å². The summed E-state index contributed by atoms with van der Waals surface area (Å²) in [5.74, 6) is 1.28. The molecule has 0 aromatic heterocycles. The number of hydrogen-bond donors (Lipinski definition) is 1. The number of imide groups is 2. The molecule has 7 rings (SSSR count). The second-order valence-electron chi connectivity index (χ2n) is 11.2. The van der Waals surface area contributed by atoms with E-state index < -0.39 is 17.8 Å². The summed E-state index contributed by atoms with van der Waals surface area (Å²) in [6.07, 6.45) is 9.49. The van der Waals surface area contributed by atoms with Gasteiger partial charge in [-0.1, -0.05) is 24.3 Å². The summed E-state index contributed by atoms with van der Waals surface area (Å²) in [5.41, 5.74) is 3.76. The molecule has 1 saturated heterocycles. The maximum atomic E-state index is 13.3. The predicted molar refractivity (Wildman–Crippen MR) is 136 cm³/mol. The van der Waals surface area contributed by atoms with Crippen LogP contribution in [0.15, 0.2) is 54.1 Å². The van der Waals surface area contributed by atoms with Crippen LogP contribution < -0.4 is 15.1 Å². The molecule has 0 spiro atoms. The number of nitrogens with one attached hydrogen (secondary N) is 1. The van der Waals surface area contributed by atoms with Crippen LogP contribution in [0.4, 0.5) is 16.2 Å². The van der Waals surface area contributed by atoms with Crippen molar-refractivity contribution >= 4 is 35.3 Å². The average molecular weight is 470 g/mol. The fourth-order valence-corrected chi connectivity index (χ4v) is 7.36. The molecule has 1 heterocycles. The Morgan fingerprint density at radius 3 is 1.97 bits per heavy atom. The third-order valence-electron chi connectivity index (χ3n) is 8.60. The Hall–Kier alpha value is -3.41. The van der Waals surface area contributed by atoms with Crippen molar-refractivity contribution in [1.82, 2.24) is 5.32 Å². The molecule has 4 bridgehead atoms. The molecule has 0 unspecified atom stereocenters. The predicted octanol–water partition coefficient (Wildman–Crippen LogP) is 4.89. The number of benzene rings is 2. The molecule has 4 amide bonds. The Morgan fingerprint density at radius 2 is 1.43 bits per heavy atom. The fourth-order valence-electron chi connectivity index (χ4n) is 7.36. The van der Waals surface area contributed by atoms with E-state index >= 15 is 0 Å². The van der Waals surface area contributed by atoms with Crippen molar-refractivity contribution in [2.24, 2.45) is 17.8 Å². The minimum Gasteiger partial charge on any atom is -0.378 e. The average Bonchev–Trinajstić information content (AvgIpc) is 2.81. The van der Waals surface area contributed by atoms with Gasteiger partial charge in [0.25, 0.3) is 11.8 Å². The first-order chi connectivity index (χ1) is 16.8. The first-order valence-corrected chi connectivity index (χ1v) is 12.6. The number of amides is 4. The third kappa shape index (κ3) is 3.76. The molecule has 35 heavy (non-hydrogen) atoms. The van der Waals surface area contributed by atoms with Gasteiger partial charge >= 0.3 is 6.03 Å². The van der Waals surface area contributed by atoms with E-state index in [2.05, 4.69) is 17.4 Å². The summed E-state index contributed by atoms with van der Waals surface area (Å²) in [6.45, 7) is 0. The van der Waals surface area contributed by atoms with Crippen LogP contribution in [-0.2, 0) is 15.0 Å². The van der Waals surface area contributed by atoms with Crippen LogP contribution in [0, 0.1) is 17.8 Å².